The first-order chi connectivity index (χ1) is 32.8. The highest BCUT2D eigenvalue weighted by Crippen LogP contribution is 2.50. The highest BCUT2D eigenvalue weighted by Gasteiger charge is 2.26. The molecule has 0 unspecified atom stereocenters. The third-order valence-electron chi connectivity index (χ3n) is 13.6. The predicted octanol–water partition coefficient (Wildman–Crippen LogP) is 17.7. The van der Waals surface area contributed by atoms with E-state index in [4.69, 9.17) is 8.83 Å². The van der Waals surface area contributed by atoms with Gasteiger partial charge in [0.15, 0.2) is 0 Å². The maximum absolute atomic E-state index is 6.99. The van der Waals surface area contributed by atoms with Gasteiger partial charge in [-0.05, 0) is 70.8 Å². The van der Waals surface area contributed by atoms with Gasteiger partial charge >= 0.3 is 0 Å². The van der Waals surface area contributed by atoms with E-state index in [2.05, 4.69) is 234 Å². The summed E-state index contributed by atoms with van der Waals surface area (Å²) in [7, 11) is 0. The molecule has 0 fully saturated rings. The normalized spacial score (nSPS) is 11.9. The molecule has 0 bridgehead atoms. The summed E-state index contributed by atoms with van der Waals surface area (Å²) in [5.74, 6) is 0. The van der Waals surface area contributed by atoms with Gasteiger partial charge in [-0.15, -0.1) is 0 Å². The van der Waals surface area contributed by atoms with Crippen LogP contribution in [0.25, 0.3) is 115 Å². The highest BCUT2D eigenvalue weighted by molar-refractivity contribution is 6.18. The number of nitrogens with zero attached hydrogens (tertiary/aromatic N) is 2. The lowest BCUT2D eigenvalue weighted by atomic mass is 9.95. The van der Waals surface area contributed by atoms with Gasteiger partial charge in [-0.2, -0.15) is 0 Å². The lowest BCUT2D eigenvalue weighted by Crippen LogP contribution is -2.12. The van der Waals surface area contributed by atoms with Crippen LogP contribution in [0.5, 0.6) is 0 Å². The van der Waals surface area contributed by atoms with Crippen LogP contribution in [-0.4, -0.2) is 4.57 Å². The largest absolute Gasteiger partial charge is 0.455 e. The van der Waals surface area contributed by atoms with Crippen molar-refractivity contribution in [1.29, 1.82) is 0 Å². The SMILES string of the molecule is c1ccc(N(c2cc(-c3ccccc3-n3c4ccccc4c4ccccc43)c3oc4ccccc4c3c2)c2cc3ccccc3c3ccccc23)c(-c2cccc3c2oc2ccccc23)c1. The van der Waals surface area contributed by atoms with Crippen LogP contribution < -0.4 is 4.90 Å². The van der Waals surface area contributed by atoms with E-state index in [1.54, 1.807) is 0 Å². The molecule has 4 nitrogen and oxygen atoms in total. The molecular formula is C62H38N2O2. The van der Waals surface area contributed by atoms with Crippen molar-refractivity contribution in [3.63, 3.8) is 0 Å². The van der Waals surface area contributed by atoms with Gasteiger partial charge in [0, 0.05) is 65.6 Å². The number of furan rings is 2. The van der Waals surface area contributed by atoms with E-state index in [-0.39, 0.29) is 0 Å². The minimum Gasteiger partial charge on any atom is -0.455 e. The second-order valence-corrected chi connectivity index (χ2v) is 17.2. The maximum atomic E-state index is 6.99. The molecular weight excluding hydrogens is 805 g/mol. The first kappa shape index (κ1) is 36.6. The minimum atomic E-state index is 0.844. The molecule has 3 aromatic heterocycles. The zero-order valence-corrected chi connectivity index (χ0v) is 35.7. The fourth-order valence-electron chi connectivity index (χ4n) is 10.7. The van der Waals surface area contributed by atoms with Crippen LogP contribution in [0.3, 0.4) is 0 Å². The smallest absolute Gasteiger partial charge is 0.143 e. The van der Waals surface area contributed by atoms with Gasteiger partial charge in [-0.3, -0.25) is 0 Å². The van der Waals surface area contributed by atoms with Gasteiger partial charge in [-0.25, -0.2) is 0 Å². The van der Waals surface area contributed by atoms with Crippen molar-refractivity contribution in [2.75, 3.05) is 4.90 Å². The molecule has 308 valence electrons. The number of aromatic nitrogens is 1. The van der Waals surface area contributed by atoms with Crippen LogP contribution in [0, 0.1) is 0 Å². The molecule has 11 aromatic carbocycles. The molecule has 4 heteroatoms. The number of anilines is 3. The molecule has 14 aromatic rings. The Morgan fingerprint density at radius 1 is 0.303 bits per heavy atom. The molecule has 0 saturated heterocycles. The summed E-state index contributed by atoms with van der Waals surface area (Å²) in [4.78, 5) is 2.47. The Morgan fingerprint density at radius 2 is 0.818 bits per heavy atom. The lowest BCUT2D eigenvalue weighted by molar-refractivity contribution is 0.669. The molecule has 0 saturated carbocycles. The van der Waals surface area contributed by atoms with E-state index < -0.39 is 0 Å². The van der Waals surface area contributed by atoms with Gasteiger partial charge in [0.05, 0.1) is 28.1 Å². The first-order valence-electron chi connectivity index (χ1n) is 22.5. The van der Waals surface area contributed by atoms with Crippen LogP contribution in [0.15, 0.2) is 239 Å². The van der Waals surface area contributed by atoms with E-state index in [1.165, 1.54) is 26.9 Å². The highest BCUT2D eigenvalue weighted by atomic mass is 16.3. The Morgan fingerprint density at radius 3 is 1.56 bits per heavy atom. The topological polar surface area (TPSA) is 34.5 Å². The van der Waals surface area contributed by atoms with Crippen molar-refractivity contribution in [3.8, 4) is 27.9 Å². The molecule has 0 spiro atoms. The number of hydrogen-bond acceptors (Lipinski definition) is 3. The first-order valence-corrected chi connectivity index (χ1v) is 22.5. The summed E-state index contributed by atoms with van der Waals surface area (Å²) in [5.41, 5.74) is 14.1. The second kappa shape index (κ2) is 14.3. The van der Waals surface area contributed by atoms with Crippen molar-refractivity contribution in [3.05, 3.63) is 231 Å². The Hall–Kier alpha value is -8.86. The standard InChI is InChI=1S/C62H38N2O2/c1-2-19-41-39(18-1)36-58(43-21-4-3-20-42(41)43)63(54-30-11-7-24-46(54)50-28-17-29-51-48-26-9-15-34-59(48)65-61(50)51)40-37-52(62-53(38-40)49-27-10-16-35-60(49)66-62)47-25-8-14-33-57(47)64-55-31-12-5-22-44(55)45-23-6-13-32-56(45)64/h1-38H. The molecule has 0 radical (unpaired) electrons. The van der Waals surface area contributed by atoms with Crippen molar-refractivity contribution in [1.82, 2.24) is 4.57 Å². The van der Waals surface area contributed by atoms with Gasteiger partial charge in [0.25, 0.3) is 0 Å². The summed E-state index contributed by atoms with van der Waals surface area (Å²) >= 11 is 0. The molecule has 0 amide bonds. The average Bonchev–Trinajstić information content (AvgIpc) is 4.06. The third-order valence-corrected chi connectivity index (χ3v) is 13.6. The average molecular weight is 843 g/mol. The van der Waals surface area contributed by atoms with E-state index in [1.807, 2.05) is 6.07 Å². The van der Waals surface area contributed by atoms with Crippen LogP contribution in [0.2, 0.25) is 0 Å². The molecule has 3 heterocycles. The monoisotopic (exact) mass is 842 g/mol. The van der Waals surface area contributed by atoms with E-state index in [9.17, 15) is 0 Å². The second-order valence-electron chi connectivity index (χ2n) is 17.2. The fourth-order valence-corrected chi connectivity index (χ4v) is 10.7. The molecule has 0 atom stereocenters. The Kier molecular flexibility index (Phi) is 7.95. The summed E-state index contributed by atoms with van der Waals surface area (Å²) in [6.07, 6.45) is 0. The minimum absolute atomic E-state index is 0.844. The lowest BCUT2D eigenvalue weighted by Gasteiger charge is -2.30. The van der Waals surface area contributed by atoms with Gasteiger partial charge < -0.3 is 18.3 Å². The summed E-state index contributed by atoms with van der Waals surface area (Å²) in [5, 5.41) is 11.5. The Bertz CT molecular complexity index is 4210. The summed E-state index contributed by atoms with van der Waals surface area (Å²) < 4.78 is 16.2. The predicted molar refractivity (Wildman–Crippen MR) is 276 cm³/mol. The van der Waals surface area contributed by atoms with Crippen LogP contribution in [0.1, 0.15) is 0 Å². The fraction of sp³-hybridized carbons (Fsp3) is 0. The number of fused-ring (bicyclic) bond motifs is 12. The van der Waals surface area contributed by atoms with Crippen LogP contribution >= 0.6 is 0 Å². The molecule has 0 aliphatic heterocycles. The quantitative estimate of drug-likeness (QED) is 0.156. The number of benzene rings is 11. The van der Waals surface area contributed by atoms with Crippen LogP contribution in [0.4, 0.5) is 17.1 Å². The van der Waals surface area contributed by atoms with Crippen molar-refractivity contribution < 1.29 is 8.83 Å². The number of hydrogen-bond donors (Lipinski definition) is 0. The van der Waals surface area contributed by atoms with Gasteiger partial charge in [0.1, 0.15) is 22.3 Å². The van der Waals surface area contributed by atoms with Crippen molar-refractivity contribution in [2.24, 2.45) is 0 Å². The molecule has 14 rings (SSSR count). The maximum Gasteiger partial charge on any atom is 0.143 e. The van der Waals surface area contributed by atoms with E-state index >= 15 is 0 Å². The van der Waals surface area contributed by atoms with Crippen molar-refractivity contribution >= 4 is 104 Å². The Labute approximate surface area is 379 Å². The third kappa shape index (κ3) is 5.39. The molecule has 0 N–H and O–H groups in total. The summed E-state index contributed by atoms with van der Waals surface area (Å²) in [6, 6.07) is 82.8. The van der Waals surface area contributed by atoms with Crippen molar-refractivity contribution in [2.45, 2.75) is 0 Å². The number of rotatable bonds is 6. The molecule has 66 heavy (non-hydrogen) atoms. The van der Waals surface area contributed by atoms with Gasteiger partial charge in [0.2, 0.25) is 0 Å². The van der Waals surface area contributed by atoms with E-state index in [0.29, 0.717) is 0 Å². The molecule has 0 aliphatic rings. The zero-order chi connectivity index (χ0) is 43.3. The van der Waals surface area contributed by atoms with Crippen LogP contribution in [-0.2, 0) is 0 Å². The number of para-hydroxylation sites is 7. The Balaban J connectivity index is 1.11. The molecule has 0 aliphatic carbocycles. The van der Waals surface area contributed by atoms with Gasteiger partial charge in [-0.1, -0.05) is 176 Å². The summed E-state index contributed by atoms with van der Waals surface area (Å²) in [6.45, 7) is 0. The van der Waals surface area contributed by atoms with E-state index in [0.717, 1.165) is 105 Å². The zero-order valence-electron chi connectivity index (χ0n) is 35.7.